The van der Waals surface area contributed by atoms with E-state index in [9.17, 15) is 24.9 Å². The van der Waals surface area contributed by atoms with E-state index in [4.69, 9.17) is 9.47 Å². The number of amides is 1. The van der Waals surface area contributed by atoms with Gasteiger partial charge in [0.25, 0.3) is 5.91 Å². The van der Waals surface area contributed by atoms with Crippen LogP contribution in [0, 0.1) is 5.92 Å². The average Bonchev–Trinajstić information content (AvgIpc) is 3.12. The maximum Gasteiger partial charge on any atom is 0.328 e. The summed E-state index contributed by atoms with van der Waals surface area (Å²) in [6, 6.07) is 15.6. The summed E-state index contributed by atoms with van der Waals surface area (Å²) in [4.78, 5) is 26.2. The number of methoxy groups -OCH3 is 1. The van der Waals surface area contributed by atoms with Crippen molar-refractivity contribution in [2.45, 2.75) is 150 Å². The standard InChI is InChI=1S/C52H69NO7/c1-29(2)43(48(58)59-15)53-42(54)28-60-47-36-18-34-24-39(50(6,7)8)22-32(45(34)56)16-30-20-38(49(3,4)5)21-31(44(30)55)17-33-23-40(51(9,10)11)25-35(46(33)57)19-37(47)27-41(26-36)52(12,13)14/h20-27,29,43,55-57H,16-19,28H2,1-15H3,(H,53,54)/t43-/m0/s1. The van der Waals surface area contributed by atoms with Gasteiger partial charge >= 0.3 is 5.97 Å². The molecule has 0 unspecified atom stereocenters. The highest BCUT2D eigenvalue weighted by Gasteiger charge is 2.29. The van der Waals surface area contributed by atoms with Gasteiger partial charge < -0.3 is 30.1 Å². The zero-order valence-electron chi connectivity index (χ0n) is 38.8. The van der Waals surface area contributed by atoms with Crippen LogP contribution in [0.5, 0.6) is 23.0 Å². The van der Waals surface area contributed by atoms with Gasteiger partial charge in [-0.05, 0) is 94.3 Å². The summed E-state index contributed by atoms with van der Waals surface area (Å²) in [6.45, 7) is 29.0. The molecule has 4 aromatic carbocycles. The number of carbonyl (C=O) groups is 2. The van der Waals surface area contributed by atoms with Gasteiger partial charge in [0.05, 0.1) is 7.11 Å². The number of benzene rings is 4. The van der Waals surface area contributed by atoms with E-state index >= 15 is 0 Å². The molecule has 0 fully saturated rings. The fraction of sp³-hybridized carbons (Fsp3) is 0.500. The minimum absolute atomic E-state index is 0.138. The lowest BCUT2D eigenvalue weighted by Gasteiger charge is -2.27. The average molecular weight is 820 g/mol. The van der Waals surface area contributed by atoms with Crippen LogP contribution in [-0.4, -0.2) is 47.0 Å². The van der Waals surface area contributed by atoms with Crippen molar-refractivity contribution < 1.29 is 34.4 Å². The van der Waals surface area contributed by atoms with Crippen molar-refractivity contribution in [3.63, 3.8) is 0 Å². The topological polar surface area (TPSA) is 125 Å². The third-order valence-corrected chi connectivity index (χ3v) is 11.8. The SMILES string of the molecule is COC(=O)[C@@H](NC(=O)COc1c2cc(C(C)(C)C)cc1Cc1cc(C(C)(C)C)cc(c1O)Cc1cc(C(C)(C)C)cc(c1O)Cc1cc(C(C)(C)C)cc(c1O)C2)C(C)C. The molecular formula is C52H69NO7. The molecule has 5 rings (SSSR count). The van der Waals surface area contributed by atoms with Crippen LogP contribution in [0.4, 0.5) is 0 Å². The Balaban J connectivity index is 1.85. The first-order valence-electron chi connectivity index (χ1n) is 21.3. The zero-order valence-corrected chi connectivity index (χ0v) is 38.8. The van der Waals surface area contributed by atoms with Crippen molar-refractivity contribution in [3.8, 4) is 23.0 Å². The van der Waals surface area contributed by atoms with Crippen LogP contribution in [0.25, 0.3) is 0 Å². The molecule has 0 aromatic heterocycles. The lowest BCUT2D eigenvalue weighted by atomic mass is 9.79. The highest BCUT2D eigenvalue weighted by atomic mass is 16.5. The molecule has 60 heavy (non-hydrogen) atoms. The summed E-state index contributed by atoms with van der Waals surface area (Å²) in [5, 5.41) is 39.5. The number of fused-ring (bicyclic) bond motifs is 8. The van der Waals surface area contributed by atoms with Crippen LogP contribution in [0.3, 0.4) is 0 Å². The second-order valence-electron chi connectivity index (χ2n) is 21.4. The van der Waals surface area contributed by atoms with Gasteiger partial charge in [0.2, 0.25) is 0 Å². The second kappa shape index (κ2) is 16.8. The minimum atomic E-state index is -0.851. The molecule has 324 valence electrons. The molecule has 0 heterocycles. The Morgan fingerprint density at radius 2 is 0.800 bits per heavy atom. The number of hydrogen-bond acceptors (Lipinski definition) is 7. The Kier molecular flexibility index (Phi) is 12.9. The molecule has 1 atom stereocenters. The van der Waals surface area contributed by atoms with E-state index in [1.54, 1.807) is 0 Å². The number of aromatic hydroxyl groups is 3. The van der Waals surface area contributed by atoms with E-state index in [0.717, 1.165) is 33.4 Å². The molecule has 0 spiro atoms. The molecule has 8 bridgehead atoms. The molecule has 1 aliphatic carbocycles. The highest BCUT2D eigenvalue weighted by Crippen LogP contribution is 2.43. The Morgan fingerprint density at radius 1 is 0.533 bits per heavy atom. The monoisotopic (exact) mass is 820 g/mol. The maximum absolute atomic E-state index is 13.6. The normalized spacial score (nSPS) is 14.1. The number of carbonyl (C=O) groups excluding carboxylic acids is 2. The highest BCUT2D eigenvalue weighted by molar-refractivity contribution is 5.85. The quantitative estimate of drug-likeness (QED) is 0.126. The molecule has 1 amide bonds. The van der Waals surface area contributed by atoms with Gasteiger partial charge in [-0.1, -0.05) is 145 Å². The second-order valence-corrected chi connectivity index (χ2v) is 21.4. The summed E-state index contributed by atoms with van der Waals surface area (Å²) >= 11 is 0. The summed E-state index contributed by atoms with van der Waals surface area (Å²) in [5.74, 6) is -0.321. The number of ether oxygens (including phenoxy) is 2. The molecule has 0 aliphatic heterocycles. The summed E-state index contributed by atoms with van der Waals surface area (Å²) in [6.07, 6.45) is 1.09. The van der Waals surface area contributed by atoms with Crippen molar-refractivity contribution in [3.05, 3.63) is 115 Å². The predicted molar refractivity (Wildman–Crippen MR) is 241 cm³/mol. The largest absolute Gasteiger partial charge is 0.507 e. The molecule has 0 saturated carbocycles. The molecule has 0 radical (unpaired) electrons. The van der Waals surface area contributed by atoms with Crippen molar-refractivity contribution in [2.24, 2.45) is 5.92 Å². The van der Waals surface area contributed by atoms with E-state index in [0.29, 0.717) is 39.1 Å². The van der Waals surface area contributed by atoms with Gasteiger partial charge in [0.15, 0.2) is 6.61 Å². The van der Waals surface area contributed by atoms with Crippen LogP contribution in [0.1, 0.15) is 164 Å². The Labute approximate surface area is 358 Å². The van der Waals surface area contributed by atoms with Crippen molar-refractivity contribution >= 4 is 11.9 Å². The third-order valence-electron chi connectivity index (χ3n) is 11.8. The minimum Gasteiger partial charge on any atom is -0.507 e. The number of esters is 1. The molecule has 4 aromatic rings. The van der Waals surface area contributed by atoms with Crippen molar-refractivity contribution in [2.75, 3.05) is 13.7 Å². The maximum atomic E-state index is 13.6. The summed E-state index contributed by atoms with van der Waals surface area (Å²) in [7, 11) is 1.30. The first-order chi connectivity index (χ1) is 27.6. The van der Waals surface area contributed by atoms with E-state index in [1.807, 2.05) is 50.2 Å². The van der Waals surface area contributed by atoms with Gasteiger partial charge in [-0.2, -0.15) is 0 Å². The molecule has 0 saturated heterocycles. The van der Waals surface area contributed by atoms with E-state index in [2.05, 4.69) is 101 Å². The van der Waals surface area contributed by atoms with Crippen molar-refractivity contribution in [1.82, 2.24) is 5.32 Å². The number of phenolic OH excluding ortho intramolecular Hbond substituents is 3. The lowest BCUT2D eigenvalue weighted by molar-refractivity contribution is -0.146. The predicted octanol–water partition coefficient (Wildman–Crippen LogP) is 10.4. The Bertz CT molecular complexity index is 2150. The van der Waals surface area contributed by atoms with Crippen molar-refractivity contribution in [1.29, 1.82) is 0 Å². The fourth-order valence-electron chi connectivity index (χ4n) is 7.82. The molecule has 4 N–H and O–H groups in total. The number of nitrogens with one attached hydrogen (secondary N) is 1. The van der Waals surface area contributed by atoms with Crippen LogP contribution in [0.2, 0.25) is 0 Å². The number of rotatable bonds is 6. The Hall–Kier alpha value is -4.98. The van der Waals surface area contributed by atoms with Crippen LogP contribution in [-0.2, 0) is 61.7 Å². The van der Waals surface area contributed by atoms with Gasteiger partial charge in [-0.3, -0.25) is 4.79 Å². The van der Waals surface area contributed by atoms with Crippen LogP contribution < -0.4 is 10.1 Å². The zero-order chi connectivity index (χ0) is 44.9. The number of hydrogen-bond donors (Lipinski definition) is 4. The number of phenols is 3. The molecule has 1 aliphatic rings. The molecular weight excluding hydrogens is 751 g/mol. The Morgan fingerprint density at radius 3 is 1.05 bits per heavy atom. The van der Waals surface area contributed by atoms with E-state index in [1.165, 1.54) is 7.11 Å². The molecule has 8 heteroatoms. The van der Waals surface area contributed by atoms with Crippen LogP contribution >= 0.6 is 0 Å². The first kappa shape index (κ1) is 46.1. The third kappa shape index (κ3) is 10.3. The van der Waals surface area contributed by atoms with E-state index in [-0.39, 0.29) is 77.1 Å². The molecule has 8 nitrogen and oxygen atoms in total. The van der Waals surface area contributed by atoms with Gasteiger partial charge in [-0.15, -0.1) is 0 Å². The summed E-state index contributed by atoms with van der Waals surface area (Å²) < 4.78 is 11.6. The van der Waals surface area contributed by atoms with Gasteiger partial charge in [0.1, 0.15) is 29.0 Å². The van der Waals surface area contributed by atoms with Crippen LogP contribution in [0.15, 0.2) is 48.5 Å². The summed E-state index contributed by atoms with van der Waals surface area (Å²) in [5.41, 5.74) is 8.74. The lowest BCUT2D eigenvalue weighted by Crippen LogP contribution is -2.46. The van der Waals surface area contributed by atoms with Gasteiger partial charge in [0, 0.05) is 25.7 Å². The van der Waals surface area contributed by atoms with E-state index < -0.39 is 17.9 Å². The van der Waals surface area contributed by atoms with Gasteiger partial charge in [-0.25, -0.2) is 4.79 Å². The fourth-order valence-corrected chi connectivity index (χ4v) is 7.82. The smallest absolute Gasteiger partial charge is 0.328 e. The first-order valence-corrected chi connectivity index (χ1v) is 21.3.